The van der Waals surface area contributed by atoms with E-state index in [0.717, 1.165) is 22.7 Å². The van der Waals surface area contributed by atoms with E-state index in [0.29, 0.717) is 23.1 Å². The number of nitrogens with one attached hydrogen (secondary N) is 3. The molecule has 2 aromatic carbocycles. The zero-order valence-electron chi connectivity index (χ0n) is 21.8. The third-order valence-electron chi connectivity index (χ3n) is 5.75. The molecular weight excluding hydrogens is 515 g/mol. The van der Waals surface area contributed by atoms with Crippen molar-refractivity contribution in [1.82, 2.24) is 24.7 Å². The number of pyridine rings is 1. The number of halogens is 1. The predicted octanol–water partition coefficient (Wildman–Crippen LogP) is 5.87. The molecule has 0 aliphatic carbocycles. The number of fused-ring (bicyclic) bond motifs is 1. The van der Waals surface area contributed by atoms with Crippen molar-refractivity contribution in [1.29, 1.82) is 0 Å². The van der Waals surface area contributed by atoms with Gasteiger partial charge < -0.3 is 15.4 Å². The summed E-state index contributed by atoms with van der Waals surface area (Å²) in [6.45, 7) is 5.36. The first-order chi connectivity index (χ1) is 19.2. The van der Waals surface area contributed by atoms with Gasteiger partial charge >= 0.3 is 6.03 Å². The van der Waals surface area contributed by atoms with Gasteiger partial charge in [-0.2, -0.15) is 5.10 Å². The first-order valence-electron chi connectivity index (χ1n) is 12.3. The number of urea groups is 1. The highest BCUT2D eigenvalue weighted by Crippen LogP contribution is 2.28. The first kappa shape index (κ1) is 26.2. The number of ether oxygens (including phenoxy) is 1. The van der Waals surface area contributed by atoms with Crippen LogP contribution in [0.25, 0.3) is 16.6 Å². The summed E-state index contributed by atoms with van der Waals surface area (Å²) in [7, 11) is 0. The summed E-state index contributed by atoms with van der Waals surface area (Å²) in [4.78, 5) is 36.5. The molecule has 0 bridgehead atoms. The molecule has 3 heterocycles. The molecule has 3 amide bonds. The summed E-state index contributed by atoms with van der Waals surface area (Å²) >= 11 is 0. The maximum Gasteiger partial charge on any atom is 0.324 e. The highest BCUT2D eigenvalue weighted by Gasteiger charge is 2.16. The minimum Gasteiger partial charge on any atom is -0.457 e. The number of carbonyl (C=O) groups excluding carboxylic acids is 2. The third kappa shape index (κ3) is 6.01. The molecule has 0 aliphatic heterocycles. The van der Waals surface area contributed by atoms with Gasteiger partial charge in [-0.15, -0.1) is 0 Å². The molecule has 40 heavy (non-hydrogen) atoms. The number of rotatable bonds is 7. The van der Waals surface area contributed by atoms with E-state index in [1.165, 1.54) is 37.6 Å². The van der Waals surface area contributed by atoms with E-state index < -0.39 is 11.8 Å². The molecule has 3 N–H and O–H groups in total. The Bertz CT molecular complexity index is 1720. The summed E-state index contributed by atoms with van der Waals surface area (Å²) in [5.74, 6) is 0.389. The van der Waals surface area contributed by atoms with Crippen molar-refractivity contribution in [2.45, 2.75) is 26.7 Å². The molecule has 11 nitrogen and oxygen atoms in total. The average molecular weight is 541 g/mol. The van der Waals surface area contributed by atoms with Crippen molar-refractivity contribution in [3.05, 3.63) is 84.8 Å². The first-order valence-corrected chi connectivity index (χ1v) is 12.3. The van der Waals surface area contributed by atoms with Gasteiger partial charge in [0.25, 0.3) is 0 Å². The fraction of sp³-hybridized carbons (Fsp3) is 0.143. The molecule has 0 unspecified atom stereocenters. The number of hydrogen-bond donors (Lipinski definition) is 3. The van der Waals surface area contributed by atoms with Crippen LogP contribution in [-0.4, -0.2) is 36.7 Å². The second-order valence-corrected chi connectivity index (χ2v) is 9.17. The van der Waals surface area contributed by atoms with Gasteiger partial charge in [0.05, 0.1) is 22.6 Å². The van der Waals surface area contributed by atoms with Crippen LogP contribution in [-0.2, 0) is 4.79 Å². The SMILES string of the molecule is CC(=O)Nc1cc(Oc2ccc(NC(=O)Nc3cc(C(C)C)nn3-c3ccc4ncncc4c3)c(F)c2)ccn1. The van der Waals surface area contributed by atoms with Crippen LogP contribution in [0.1, 0.15) is 32.4 Å². The Hall–Kier alpha value is -5.39. The normalized spacial score (nSPS) is 10.9. The molecule has 202 valence electrons. The van der Waals surface area contributed by atoms with Crippen molar-refractivity contribution in [3.8, 4) is 17.2 Å². The van der Waals surface area contributed by atoms with E-state index in [1.54, 1.807) is 23.0 Å². The Morgan fingerprint density at radius 1 is 0.950 bits per heavy atom. The van der Waals surface area contributed by atoms with E-state index in [2.05, 4.69) is 36.0 Å². The van der Waals surface area contributed by atoms with E-state index in [1.807, 2.05) is 32.0 Å². The topological polar surface area (TPSA) is 136 Å². The van der Waals surface area contributed by atoms with Crippen LogP contribution >= 0.6 is 0 Å². The Morgan fingerprint density at radius 2 is 1.77 bits per heavy atom. The highest BCUT2D eigenvalue weighted by molar-refractivity contribution is 5.99. The number of amides is 3. The zero-order valence-corrected chi connectivity index (χ0v) is 21.8. The van der Waals surface area contributed by atoms with Gasteiger partial charge in [-0.3, -0.25) is 10.1 Å². The smallest absolute Gasteiger partial charge is 0.324 e. The largest absolute Gasteiger partial charge is 0.457 e. The Kier molecular flexibility index (Phi) is 7.31. The fourth-order valence-electron chi connectivity index (χ4n) is 3.86. The monoisotopic (exact) mass is 540 g/mol. The van der Waals surface area contributed by atoms with E-state index in [-0.39, 0.29) is 23.3 Å². The van der Waals surface area contributed by atoms with Crippen LogP contribution in [0.15, 0.2) is 73.3 Å². The molecule has 5 aromatic rings. The van der Waals surface area contributed by atoms with Gasteiger partial charge in [0.1, 0.15) is 35.3 Å². The average Bonchev–Trinajstić information content (AvgIpc) is 3.34. The van der Waals surface area contributed by atoms with E-state index in [9.17, 15) is 14.0 Å². The van der Waals surface area contributed by atoms with Gasteiger partial charge in [-0.25, -0.2) is 28.8 Å². The molecule has 0 spiro atoms. The van der Waals surface area contributed by atoms with Gasteiger partial charge in [0.15, 0.2) is 0 Å². The summed E-state index contributed by atoms with van der Waals surface area (Å²) < 4.78 is 22.2. The van der Waals surface area contributed by atoms with Crippen molar-refractivity contribution >= 4 is 40.2 Å². The minimum atomic E-state index is -0.699. The number of aromatic nitrogens is 5. The molecule has 0 fully saturated rings. The zero-order chi connectivity index (χ0) is 28.2. The van der Waals surface area contributed by atoms with Crippen LogP contribution in [0.2, 0.25) is 0 Å². The summed E-state index contributed by atoms with van der Waals surface area (Å²) in [5.41, 5.74) is 2.21. The predicted molar refractivity (Wildman–Crippen MR) is 148 cm³/mol. The molecule has 5 rings (SSSR count). The molecule has 3 aromatic heterocycles. The summed E-state index contributed by atoms with van der Waals surface area (Å²) in [5, 5.41) is 13.3. The van der Waals surface area contributed by atoms with E-state index >= 15 is 0 Å². The van der Waals surface area contributed by atoms with Gasteiger partial charge in [-0.05, 0) is 42.3 Å². The van der Waals surface area contributed by atoms with Crippen molar-refractivity contribution in [2.75, 3.05) is 16.0 Å². The Morgan fingerprint density at radius 3 is 2.55 bits per heavy atom. The number of hydrogen-bond acceptors (Lipinski definition) is 7. The minimum absolute atomic E-state index is 0.0449. The Balaban J connectivity index is 1.32. The molecule has 0 saturated heterocycles. The lowest BCUT2D eigenvalue weighted by atomic mass is 10.1. The summed E-state index contributed by atoms with van der Waals surface area (Å²) in [6.07, 6.45) is 4.63. The van der Waals surface area contributed by atoms with E-state index in [4.69, 9.17) is 4.74 Å². The lowest BCUT2D eigenvalue weighted by Gasteiger charge is -2.12. The molecule has 0 radical (unpaired) electrons. The van der Waals surface area contributed by atoms with Gasteiger partial charge in [-0.1, -0.05) is 13.8 Å². The number of carbonyl (C=O) groups is 2. The number of anilines is 3. The van der Waals surface area contributed by atoms with Crippen molar-refractivity contribution < 1.29 is 18.7 Å². The second-order valence-electron chi connectivity index (χ2n) is 9.17. The van der Waals surface area contributed by atoms with Crippen molar-refractivity contribution in [3.63, 3.8) is 0 Å². The maximum absolute atomic E-state index is 14.9. The van der Waals surface area contributed by atoms with Crippen LogP contribution < -0.4 is 20.7 Å². The standard InChI is InChI=1S/C28H25FN8O3/c1-16(2)25-13-27(37(36-25)19-4-6-23-18(10-19)14-30-15-32-23)35-28(39)34-24-7-5-20(11-22(24)29)40-21-8-9-31-26(12-21)33-17(3)38/h4-16H,1-3H3,(H,31,33,38)(H2,34,35,39). The lowest BCUT2D eigenvalue weighted by Crippen LogP contribution is -2.22. The Labute approximate surface area is 228 Å². The van der Waals surface area contributed by atoms with Crippen molar-refractivity contribution in [2.24, 2.45) is 0 Å². The quantitative estimate of drug-likeness (QED) is 0.235. The number of nitrogens with zero attached hydrogens (tertiary/aromatic N) is 5. The van der Waals surface area contributed by atoms with Gasteiger partial charge in [0, 0.05) is 42.9 Å². The maximum atomic E-state index is 14.9. The van der Waals surface area contributed by atoms with Gasteiger partial charge in [0.2, 0.25) is 5.91 Å². The molecule has 0 atom stereocenters. The van der Waals surface area contributed by atoms with Crippen LogP contribution in [0.3, 0.4) is 0 Å². The third-order valence-corrected chi connectivity index (χ3v) is 5.75. The van der Waals surface area contributed by atoms with Crippen LogP contribution in [0.4, 0.5) is 26.5 Å². The second kappa shape index (κ2) is 11.2. The van der Waals surface area contributed by atoms with Crippen LogP contribution in [0.5, 0.6) is 11.5 Å². The summed E-state index contributed by atoms with van der Waals surface area (Å²) in [6, 6.07) is 13.8. The molecule has 0 aliphatic rings. The lowest BCUT2D eigenvalue weighted by molar-refractivity contribution is -0.114. The highest BCUT2D eigenvalue weighted by atomic mass is 19.1. The molecule has 12 heteroatoms. The molecular formula is C28H25FN8O3. The number of benzene rings is 2. The van der Waals surface area contributed by atoms with Crippen LogP contribution in [0, 0.1) is 5.82 Å². The fourth-order valence-corrected chi connectivity index (χ4v) is 3.86. The molecule has 0 saturated carbocycles.